The van der Waals surface area contributed by atoms with Gasteiger partial charge in [-0.15, -0.1) is 0 Å². The van der Waals surface area contributed by atoms with E-state index in [4.69, 9.17) is 5.26 Å². The van der Waals surface area contributed by atoms with E-state index in [9.17, 15) is 9.59 Å². The monoisotopic (exact) mass is 384 g/mol. The molecule has 2 amide bonds. The van der Waals surface area contributed by atoms with Crippen molar-refractivity contribution in [2.45, 2.75) is 20.3 Å². The highest BCUT2D eigenvalue weighted by Crippen LogP contribution is 2.22. The second-order valence-corrected chi connectivity index (χ2v) is 6.49. The maximum Gasteiger partial charge on any atom is 0.274 e. The number of para-hydroxylation sites is 1. The standard InChI is InChI=1S/C23H20N4O2/c1-3-17-8-4-6-15(2)21(17)27-22(28)18-10-11-25-20(13-18)23(29)26-19-9-5-7-16(12-19)14-24/h4-13H,3H2,1-2H3,(H,26,29)(H,27,28). The fourth-order valence-corrected chi connectivity index (χ4v) is 2.95. The third-order valence-electron chi connectivity index (χ3n) is 4.48. The second-order valence-electron chi connectivity index (χ2n) is 6.49. The number of aryl methyl sites for hydroxylation is 2. The normalized spacial score (nSPS) is 10.1. The molecule has 0 saturated carbocycles. The Balaban J connectivity index is 1.79. The van der Waals surface area contributed by atoms with Gasteiger partial charge in [-0.2, -0.15) is 5.26 Å². The summed E-state index contributed by atoms with van der Waals surface area (Å²) in [5.41, 5.74) is 4.18. The molecule has 3 rings (SSSR count). The van der Waals surface area contributed by atoms with Gasteiger partial charge in [-0.05, 0) is 54.8 Å². The van der Waals surface area contributed by atoms with Gasteiger partial charge in [0.25, 0.3) is 11.8 Å². The first-order chi connectivity index (χ1) is 14.0. The van der Waals surface area contributed by atoms with Crippen LogP contribution in [0, 0.1) is 18.3 Å². The lowest BCUT2D eigenvalue weighted by atomic mass is 10.1. The summed E-state index contributed by atoms with van der Waals surface area (Å²) in [6.07, 6.45) is 2.22. The van der Waals surface area contributed by atoms with Gasteiger partial charge in [0.2, 0.25) is 0 Å². The first-order valence-electron chi connectivity index (χ1n) is 9.19. The third kappa shape index (κ3) is 4.66. The number of benzene rings is 2. The first-order valence-corrected chi connectivity index (χ1v) is 9.19. The molecule has 2 N–H and O–H groups in total. The Morgan fingerprint density at radius 1 is 1.03 bits per heavy atom. The number of anilines is 2. The number of carbonyl (C=O) groups excluding carboxylic acids is 2. The van der Waals surface area contributed by atoms with Crippen LogP contribution in [0.1, 0.15) is 44.5 Å². The van der Waals surface area contributed by atoms with Crippen molar-refractivity contribution >= 4 is 23.2 Å². The van der Waals surface area contributed by atoms with Crippen molar-refractivity contribution < 1.29 is 9.59 Å². The maximum atomic E-state index is 12.7. The van der Waals surface area contributed by atoms with Crippen LogP contribution in [0.25, 0.3) is 0 Å². The van der Waals surface area contributed by atoms with E-state index in [1.165, 1.54) is 12.3 Å². The molecule has 144 valence electrons. The van der Waals surface area contributed by atoms with Crippen LogP contribution in [0.4, 0.5) is 11.4 Å². The first kappa shape index (κ1) is 19.8. The fourth-order valence-electron chi connectivity index (χ4n) is 2.95. The van der Waals surface area contributed by atoms with Crippen molar-refractivity contribution in [1.29, 1.82) is 5.26 Å². The highest BCUT2D eigenvalue weighted by molar-refractivity contribution is 6.08. The highest BCUT2D eigenvalue weighted by Gasteiger charge is 2.14. The number of hydrogen-bond acceptors (Lipinski definition) is 4. The predicted octanol–water partition coefficient (Wildman–Crippen LogP) is 4.33. The van der Waals surface area contributed by atoms with Gasteiger partial charge in [-0.25, -0.2) is 0 Å². The van der Waals surface area contributed by atoms with Crippen LogP contribution >= 0.6 is 0 Å². The van der Waals surface area contributed by atoms with Crippen LogP contribution in [-0.2, 0) is 6.42 Å². The minimum Gasteiger partial charge on any atom is -0.321 e. The minimum atomic E-state index is -0.458. The lowest BCUT2D eigenvalue weighted by Gasteiger charge is -2.13. The number of nitrogens with one attached hydrogen (secondary N) is 2. The van der Waals surface area contributed by atoms with Crippen molar-refractivity contribution in [2.24, 2.45) is 0 Å². The Hall–Kier alpha value is -3.98. The molecule has 6 nitrogen and oxygen atoms in total. The summed E-state index contributed by atoms with van der Waals surface area (Å²) < 4.78 is 0. The van der Waals surface area contributed by atoms with Crippen molar-refractivity contribution in [3.8, 4) is 6.07 Å². The van der Waals surface area contributed by atoms with Crippen LogP contribution in [0.3, 0.4) is 0 Å². The lowest BCUT2D eigenvalue weighted by Crippen LogP contribution is -2.18. The molecule has 6 heteroatoms. The number of rotatable bonds is 5. The zero-order chi connectivity index (χ0) is 20.8. The van der Waals surface area contributed by atoms with Crippen LogP contribution in [-0.4, -0.2) is 16.8 Å². The molecule has 1 heterocycles. The van der Waals surface area contributed by atoms with Gasteiger partial charge in [0.1, 0.15) is 5.69 Å². The van der Waals surface area contributed by atoms with E-state index in [1.807, 2.05) is 38.1 Å². The highest BCUT2D eigenvalue weighted by atomic mass is 16.2. The molecule has 29 heavy (non-hydrogen) atoms. The lowest BCUT2D eigenvalue weighted by molar-refractivity contribution is 0.102. The van der Waals surface area contributed by atoms with Crippen molar-refractivity contribution in [3.05, 3.63) is 88.7 Å². The average molecular weight is 384 g/mol. The SMILES string of the molecule is CCc1cccc(C)c1NC(=O)c1ccnc(C(=O)Nc2cccc(C#N)c2)c1. The summed E-state index contributed by atoms with van der Waals surface area (Å²) in [6, 6.07) is 17.5. The third-order valence-corrected chi connectivity index (χ3v) is 4.48. The molecule has 3 aromatic rings. The van der Waals surface area contributed by atoms with Crippen molar-refractivity contribution in [3.63, 3.8) is 0 Å². The number of aromatic nitrogens is 1. The van der Waals surface area contributed by atoms with E-state index in [0.717, 1.165) is 23.2 Å². The summed E-state index contributed by atoms with van der Waals surface area (Å²) in [4.78, 5) is 29.3. The van der Waals surface area contributed by atoms with Crippen molar-refractivity contribution in [1.82, 2.24) is 4.98 Å². The number of carbonyl (C=O) groups is 2. The van der Waals surface area contributed by atoms with E-state index < -0.39 is 5.91 Å². The molecule has 0 unspecified atom stereocenters. The summed E-state index contributed by atoms with van der Waals surface area (Å²) in [7, 11) is 0. The van der Waals surface area contributed by atoms with Crippen LogP contribution in [0.2, 0.25) is 0 Å². The zero-order valence-electron chi connectivity index (χ0n) is 16.2. The molecule has 0 radical (unpaired) electrons. The van der Waals surface area contributed by atoms with E-state index in [2.05, 4.69) is 15.6 Å². The summed E-state index contributed by atoms with van der Waals surface area (Å²) in [6.45, 7) is 3.97. The van der Waals surface area contributed by atoms with Gasteiger partial charge in [0, 0.05) is 23.1 Å². The molecule has 0 atom stereocenters. The molecular weight excluding hydrogens is 364 g/mol. The molecule has 0 aliphatic rings. The van der Waals surface area contributed by atoms with Crippen LogP contribution in [0.5, 0.6) is 0 Å². The van der Waals surface area contributed by atoms with Gasteiger partial charge in [0.05, 0.1) is 11.6 Å². The van der Waals surface area contributed by atoms with E-state index in [1.54, 1.807) is 30.3 Å². The van der Waals surface area contributed by atoms with Gasteiger partial charge < -0.3 is 10.6 Å². The Labute approximate surface area is 169 Å². The fraction of sp³-hybridized carbons (Fsp3) is 0.130. The van der Waals surface area contributed by atoms with Gasteiger partial charge in [-0.3, -0.25) is 14.6 Å². The maximum absolute atomic E-state index is 12.7. The number of amides is 2. The predicted molar refractivity (Wildman–Crippen MR) is 112 cm³/mol. The second kappa shape index (κ2) is 8.81. The minimum absolute atomic E-state index is 0.112. The number of nitrogens with zero attached hydrogens (tertiary/aromatic N) is 2. The molecule has 0 aliphatic heterocycles. The molecular formula is C23H20N4O2. The molecule has 0 aliphatic carbocycles. The van der Waals surface area contributed by atoms with Crippen molar-refractivity contribution in [2.75, 3.05) is 10.6 Å². The molecule has 0 saturated heterocycles. The summed E-state index contributed by atoms with van der Waals surface area (Å²) in [5, 5.41) is 14.6. The molecule has 2 aromatic carbocycles. The van der Waals surface area contributed by atoms with E-state index >= 15 is 0 Å². The average Bonchev–Trinajstić information content (AvgIpc) is 2.75. The Morgan fingerprint density at radius 3 is 2.59 bits per heavy atom. The number of hydrogen-bond donors (Lipinski definition) is 2. The molecule has 0 spiro atoms. The van der Waals surface area contributed by atoms with Gasteiger partial charge >= 0.3 is 0 Å². The van der Waals surface area contributed by atoms with Gasteiger partial charge in [0.15, 0.2) is 0 Å². The summed E-state index contributed by atoms with van der Waals surface area (Å²) >= 11 is 0. The number of nitriles is 1. The molecule has 1 aromatic heterocycles. The van der Waals surface area contributed by atoms with E-state index in [0.29, 0.717) is 16.8 Å². The van der Waals surface area contributed by atoms with Gasteiger partial charge in [-0.1, -0.05) is 31.2 Å². The Bertz CT molecular complexity index is 1120. The Kier molecular flexibility index (Phi) is 6.00. The smallest absolute Gasteiger partial charge is 0.274 e. The zero-order valence-corrected chi connectivity index (χ0v) is 16.2. The number of pyridine rings is 1. The van der Waals surface area contributed by atoms with Crippen LogP contribution < -0.4 is 10.6 Å². The molecule has 0 bridgehead atoms. The quantitative estimate of drug-likeness (QED) is 0.684. The topological polar surface area (TPSA) is 94.9 Å². The molecule has 0 fully saturated rings. The van der Waals surface area contributed by atoms with Crippen LogP contribution in [0.15, 0.2) is 60.8 Å². The Morgan fingerprint density at radius 2 is 1.83 bits per heavy atom. The van der Waals surface area contributed by atoms with E-state index in [-0.39, 0.29) is 11.6 Å². The summed E-state index contributed by atoms with van der Waals surface area (Å²) in [5.74, 6) is -0.767. The largest absolute Gasteiger partial charge is 0.321 e.